The summed E-state index contributed by atoms with van der Waals surface area (Å²) in [7, 11) is 0. The number of nitrogens with zero attached hydrogens (tertiary/aromatic N) is 1. The molecular weight excluding hydrogens is 710 g/mol. The van der Waals surface area contributed by atoms with Crippen LogP contribution >= 0.6 is 0 Å². The molecule has 1 fully saturated rings. The number of hydrogen-bond donors (Lipinski definition) is 8. The number of likely N-dealkylation sites (tertiary alicyclic amines) is 1. The van der Waals surface area contributed by atoms with E-state index >= 15 is 0 Å². The number of amides is 7. The number of carbonyl (C=O) groups is 10. The summed E-state index contributed by atoms with van der Waals surface area (Å²) in [5, 5.41) is 33.1. The van der Waals surface area contributed by atoms with Crippen molar-refractivity contribution in [2.75, 3.05) is 13.1 Å². The van der Waals surface area contributed by atoms with E-state index in [0.29, 0.717) is 6.42 Å². The Morgan fingerprint density at radius 3 is 1.69 bits per heavy atom. The van der Waals surface area contributed by atoms with Gasteiger partial charge < -0.3 is 47.0 Å². The van der Waals surface area contributed by atoms with E-state index in [0.717, 1.165) is 6.92 Å². The molecule has 1 heterocycles. The van der Waals surface area contributed by atoms with Gasteiger partial charge >= 0.3 is 11.9 Å². The molecule has 0 radical (unpaired) electrons. The fourth-order valence-corrected chi connectivity index (χ4v) is 5.47. The zero-order chi connectivity index (χ0) is 41.3. The Kier molecular flexibility index (Phi) is 19.6. The number of carboxylic acid groups (broad SMARTS) is 2. The summed E-state index contributed by atoms with van der Waals surface area (Å²) < 4.78 is 0. The van der Waals surface area contributed by atoms with Gasteiger partial charge in [0.1, 0.15) is 30.2 Å². The van der Waals surface area contributed by atoms with E-state index in [9.17, 15) is 53.1 Å². The fraction of sp³-hybridized carbons (Fsp3) is 0.657. The molecule has 1 rings (SSSR count). The van der Waals surface area contributed by atoms with Crippen LogP contribution in [0.25, 0.3) is 0 Å². The highest BCUT2D eigenvalue weighted by molar-refractivity contribution is 6.38. The van der Waals surface area contributed by atoms with Gasteiger partial charge in [0.2, 0.25) is 41.2 Å². The molecule has 0 saturated carbocycles. The van der Waals surface area contributed by atoms with Crippen LogP contribution in [-0.2, 0) is 47.9 Å². The van der Waals surface area contributed by atoms with Gasteiger partial charge in [-0.25, -0.2) is 0 Å². The first-order valence-electron chi connectivity index (χ1n) is 17.9. The normalized spacial score (nSPS) is 16.3. The van der Waals surface area contributed by atoms with E-state index in [1.165, 1.54) is 11.0 Å². The van der Waals surface area contributed by atoms with Crippen LogP contribution in [0.4, 0.5) is 0 Å². The average molecular weight is 766 g/mol. The number of aliphatic carboxylic acids is 2. The highest BCUT2D eigenvalue weighted by Gasteiger charge is 2.43. The molecule has 0 aromatic rings. The first-order chi connectivity index (χ1) is 25.2. The van der Waals surface area contributed by atoms with Gasteiger partial charge in [-0.2, -0.15) is 0 Å². The summed E-state index contributed by atoms with van der Waals surface area (Å²) in [6.07, 6.45) is 0.525. The zero-order valence-electron chi connectivity index (χ0n) is 31.7. The average Bonchev–Trinajstić information content (AvgIpc) is 3.06. The van der Waals surface area contributed by atoms with Crippen molar-refractivity contribution >= 4 is 59.1 Å². The molecule has 0 aliphatic carbocycles. The minimum Gasteiger partial charge on any atom is -0.481 e. The van der Waals surface area contributed by atoms with Gasteiger partial charge in [0, 0.05) is 32.9 Å². The predicted octanol–water partition coefficient (Wildman–Crippen LogP) is -1.26. The summed E-state index contributed by atoms with van der Waals surface area (Å²) in [6, 6.07) is -7.42. The van der Waals surface area contributed by atoms with Gasteiger partial charge in [0.15, 0.2) is 0 Å². The van der Waals surface area contributed by atoms with Crippen molar-refractivity contribution in [3.05, 3.63) is 12.7 Å². The second kappa shape index (κ2) is 22.7. The number of carboxylic acids is 2. The summed E-state index contributed by atoms with van der Waals surface area (Å²) in [6.45, 7) is 13.1. The van der Waals surface area contributed by atoms with Gasteiger partial charge in [-0.3, -0.25) is 47.9 Å². The lowest BCUT2D eigenvalue weighted by Gasteiger charge is -2.43. The van der Waals surface area contributed by atoms with Crippen molar-refractivity contribution < 1.29 is 58.2 Å². The lowest BCUT2D eigenvalue weighted by molar-refractivity contribution is -0.152. The smallest absolute Gasteiger partial charge is 0.303 e. The lowest BCUT2D eigenvalue weighted by atomic mass is 9.94. The minimum absolute atomic E-state index is 0.0599. The van der Waals surface area contributed by atoms with Crippen molar-refractivity contribution in [2.45, 2.75) is 123 Å². The molecule has 1 aliphatic rings. The Hall–Kier alpha value is -5.36. The molecule has 8 N–H and O–H groups in total. The molecule has 1 unspecified atom stereocenters. The molecule has 0 aromatic heterocycles. The Balaban J connectivity index is 3.16. The largest absolute Gasteiger partial charge is 0.481 e. The second-order valence-corrected chi connectivity index (χ2v) is 13.7. The van der Waals surface area contributed by atoms with Crippen molar-refractivity contribution in [1.82, 2.24) is 36.8 Å². The van der Waals surface area contributed by atoms with Crippen LogP contribution in [0.3, 0.4) is 0 Å². The van der Waals surface area contributed by atoms with E-state index in [4.69, 9.17) is 5.11 Å². The summed E-state index contributed by atoms with van der Waals surface area (Å²) in [5.41, 5.74) is 0. The van der Waals surface area contributed by atoms with Crippen LogP contribution in [0.2, 0.25) is 0 Å². The number of ketones is 1. The number of rotatable bonds is 24. The molecule has 19 heteroatoms. The summed E-state index contributed by atoms with van der Waals surface area (Å²) in [5.74, 6) is -9.91. The first kappa shape index (κ1) is 46.7. The van der Waals surface area contributed by atoms with E-state index in [1.54, 1.807) is 34.6 Å². The molecule has 302 valence electrons. The van der Waals surface area contributed by atoms with Crippen molar-refractivity contribution in [3.8, 4) is 0 Å². The molecule has 1 saturated heterocycles. The van der Waals surface area contributed by atoms with Crippen LogP contribution in [-0.4, -0.2) is 124 Å². The van der Waals surface area contributed by atoms with Crippen LogP contribution in [0.15, 0.2) is 12.7 Å². The highest BCUT2D eigenvalue weighted by atomic mass is 16.4. The number of carbonyl (C=O) groups excluding carboxylic acids is 8. The molecule has 19 nitrogen and oxygen atoms in total. The Morgan fingerprint density at radius 1 is 0.722 bits per heavy atom. The van der Waals surface area contributed by atoms with E-state index in [2.05, 4.69) is 38.5 Å². The fourth-order valence-electron chi connectivity index (χ4n) is 5.47. The maximum Gasteiger partial charge on any atom is 0.303 e. The molecule has 0 spiro atoms. The lowest BCUT2D eigenvalue weighted by Crippen LogP contribution is -2.65. The van der Waals surface area contributed by atoms with Crippen molar-refractivity contribution in [3.63, 3.8) is 0 Å². The molecule has 6 atom stereocenters. The summed E-state index contributed by atoms with van der Waals surface area (Å²) >= 11 is 0. The van der Waals surface area contributed by atoms with Crippen molar-refractivity contribution in [1.29, 1.82) is 0 Å². The molecule has 1 aliphatic heterocycles. The zero-order valence-corrected chi connectivity index (χ0v) is 31.7. The molecular formula is C35H55N7O12. The van der Waals surface area contributed by atoms with Crippen molar-refractivity contribution in [2.24, 2.45) is 11.8 Å². The third-order valence-electron chi connectivity index (χ3n) is 8.54. The van der Waals surface area contributed by atoms with Crippen LogP contribution in [0, 0.1) is 11.8 Å². The summed E-state index contributed by atoms with van der Waals surface area (Å²) in [4.78, 5) is 127. The maximum absolute atomic E-state index is 13.8. The Morgan fingerprint density at radius 2 is 1.24 bits per heavy atom. The third kappa shape index (κ3) is 14.9. The highest BCUT2D eigenvalue weighted by Crippen LogP contribution is 2.22. The Bertz CT molecular complexity index is 1430. The standard InChI is InChI=1S/C35H55N7O12/c1-8-10-21(29(48)34(53)36-16-9-2)38-32(51)24-15-17-42(24)35(54)28(19(5)6)41-33(52)27(18(3)4)40-31(50)23(12-14-26(46)47)39-30(49)22(37-20(7)43)11-13-25(44)45/h9,18-19,21-24,27-28H,2,8,10-17H2,1,3-7H3,(H,36,53)(H,37,43)(H,38,51)(H,39,49)(H,40,50)(H,41,52)(H,44,45)(H,46,47)/t21?,22-,23-,24-,27-,28-/m0/s1. The van der Waals surface area contributed by atoms with E-state index < -0.39 is 126 Å². The Labute approximate surface area is 314 Å². The number of nitrogens with one attached hydrogen (secondary N) is 6. The number of hydrogen-bond acceptors (Lipinski definition) is 10. The van der Waals surface area contributed by atoms with E-state index in [-0.39, 0.29) is 32.4 Å². The number of Topliss-reactive ketones (excluding diaryl/α,β-unsaturated/α-hetero) is 1. The third-order valence-corrected chi connectivity index (χ3v) is 8.54. The van der Waals surface area contributed by atoms with Crippen LogP contribution < -0.4 is 31.9 Å². The van der Waals surface area contributed by atoms with Crippen LogP contribution in [0.5, 0.6) is 0 Å². The van der Waals surface area contributed by atoms with Gasteiger partial charge in [0.25, 0.3) is 5.91 Å². The topological polar surface area (TPSA) is 287 Å². The molecule has 54 heavy (non-hydrogen) atoms. The van der Waals surface area contributed by atoms with Gasteiger partial charge in [-0.15, -0.1) is 6.58 Å². The van der Waals surface area contributed by atoms with E-state index in [1.807, 2.05) is 0 Å². The predicted molar refractivity (Wildman–Crippen MR) is 192 cm³/mol. The van der Waals surface area contributed by atoms with Crippen LogP contribution in [0.1, 0.15) is 86.5 Å². The monoisotopic (exact) mass is 765 g/mol. The van der Waals surface area contributed by atoms with Gasteiger partial charge in [-0.1, -0.05) is 47.1 Å². The first-order valence-corrected chi connectivity index (χ1v) is 17.9. The minimum atomic E-state index is -1.51. The van der Waals surface area contributed by atoms with Gasteiger partial charge in [-0.05, 0) is 37.5 Å². The molecule has 0 aromatic carbocycles. The SMILES string of the molecule is C=CCNC(=O)C(=O)C(CCC)NC(=O)[C@@H]1CCN1C(=O)[C@@H](NC(=O)[C@@H](NC(=O)[C@H](CCC(=O)O)NC(=O)[C@H](CCC(=O)O)NC(C)=O)C(C)C)C(C)C. The quantitative estimate of drug-likeness (QED) is 0.0423. The molecule has 7 amide bonds. The second-order valence-electron chi connectivity index (χ2n) is 13.7. The maximum atomic E-state index is 13.8. The van der Waals surface area contributed by atoms with Gasteiger partial charge in [0.05, 0.1) is 6.04 Å². The molecule has 0 bridgehead atoms.